The van der Waals surface area contributed by atoms with E-state index < -0.39 is 11.7 Å². The predicted octanol–water partition coefficient (Wildman–Crippen LogP) is 5.07. The number of pyridine rings is 1. The highest BCUT2D eigenvalue weighted by molar-refractivity contribution is 5.62. The van der Waals surface area contributed by atoms with E-state index in [-0.39, 0.29) is 5.92 Å². The maximum atomic E-state index is 13.0. The topological polar surface area (TPSA) is 68.0 Å². The van der Waals surface area contributed by atoms with Gasteiger partial charge in [-0.3, -0.25) is 4.98 Å². The van der Waals surface area contributed by atoms with Gasteiger partial charge in [0.05, 0.1) is 11.3 Å². The molecule has 0 amide bonds. The van der Waals surface area contributed by atoms with Crippen LogP contribution in [0.2, 0.25) is 0 Å². The molecule has 0 radical (unpaired) electrons. The Morgan fingerprint density at radius 3 is 2.55 bits per heavy atom. The number of rotatable bonds is 4. The number of hydrogen-bond donors (Lipinski definition) is 1. The van der Waals surface area contributed by atoms with Crippen LogP contribution < -0.4 is 5.32 Å². The first-order chi connectivity index (χ1) is 13.8. The van der Waals surface area contributed by atoms with Crippen LogP contribution in [-0.2, 0) is 6.18 Å². The maximum absolute atomic E-state index is 13.0. The van der Waals surface area contributed by atoms with Gasteiger partial charge in [-0.05, 0) is 36.2 Å². The summed E-state index contributed by atoms with van der Waals surface area (Å²) < 4.78 is 40.6. The highest BCUT2D eigenvalue weighted by Crippen LogP contribution is 2.32. The summed E-state index contributed by atoms with van der Waals surface area (Å²) in [7, 11) is 0. The van der Waals surface area contributed by atoms with Crippen LogP contribution in [0.4, 0.5) is 24.7 Å². The normalized spacial score (nSPS) is 11.9. The van der Waals surface area contributed by atoms with Crippen molar-refractivity contribution in [1.82, 2.24) is 24.6 Å². The Hall–Kier alpha value is -3.49. The molecular formula is C20H17F3N6. The lowest BCUT2D eigenvalue weighted by molar-refractivity contribution is -0.137. The van der Waals surface area contributed by atoms with Gasteiger partial charge in [0.25, 0.3) is 5.78 Å². The number of nitrogens with one attached hydrogen (secondary N) is 1. The zero-order valence-corrected chi connectivity index (χ0v) is 15.6. The number of fused-ring (bicyclic) bond motifs is 1. The summed E-state index contributed by atoms with van der Waals surface area (Å²) in [6.45, 7) is 3.95. The van der Waals surface area contributed by atoms with Gasteiger partial charge in [-0.25, -0.2) is 4.98 Å². The van der Waals surface area contributed by atoms with Crippen molar-refractivity contribution in [3.05, 3.63) is 66.1 Å². The molecule has 0 fully saturated rings. The molecule has 0 saturated carbocycles. The van der Waals surface area contributed by atoms with Crippen LogP contribution in [0.15, 0.2) is 54.9 Å². The quantitative estimate of drug-likeness (QED) is 0.520. The van der Waals surface area contributed by atoms with E-state index in [2.05, 4.69) is 25.4 Å². The highest BCUT2D eigenvalue weighted by Gasteiger charge is 2.30. The van der Waals surface area contributed by atoms with Crippen LogP contribution in [0.5, 0.6) is 0 Å². The first kappa shape index (κ1) is 18.9. The molecule has 1 N–H and O–H groups in total. The molecule has 0 atom stereocenters. The van der Waals surface area contributed by atoms with Crippen molar-refractivity contribution in [2.45, 2.75) is 25.9 Å². The molecule has 1 aromatic carbocycles. The molecule has 9 heteroatoms. The Kier molecular flexibility index (Phi) is 4.65. The minimum absolute atomic E-state index is 0.0978. The zero-order chi connectivity index (χ0) is 20.6. The van der Waals surface area contributed by atoms with Crippen molar-refractivity contribution in [1.29, 1.82) is 0 Å². The number of halogens is 3. The summed E-state index contributed by atoms with van der Waals surface area (Å²) in [5.74, 6) is 1.35. The molecule has 4 aromatic rings. The molecule has 3 heterocycles. The molecule has 0 aliphatic carbocycles. The lowest BCUT2D eigenvalue weighted by atomic mass is 10.1. The Labute approximate surface area is 164 Å². The van der Waals surface area contributed by atoms with Crippen LogP contribution in [0.1, 0.15) is 31.0 Å². The Morgan fingerprint density at radius 1 is 1.03 bits per heavy atom. The standard InChI is InChI=1S/C20H17F3N6/c1-12(2)16-10-17(25-15-7-3-6-14(9-15)20(21,22)23)29-19(26-16)27-18(28-29)13-5-4-8-24-11-13/h3-12,25H,1-2H3. The van der Waals surface area contributed by atoms with Gasteiger partial charge in [0.1, 0.15) is 5.82 Å². The first-order valence-electron chi connectivity index (χ1n) is 8.93. The second kappa shape index (κ2) is 7.16. The molecule has 29 heavy (non-hydrogen) atoms. The van der Waals surface area contributed by atoms with Crippen molar-refractivity contribution in [3.63, 3.8) is 0 Å². The number of alkyl halides is 3. The van der Waals surface area contributed by atoms with Gasteiger partial charge in [-0.15, -0.1) is 5.10 Å². The van der Waals surface area contributed by atoms with E-state index in [0.717, 1.165) is 17.8 Å². The number of aromatic nitrogens is 5. The van der Waals surface area contributed by atoms with Crippen molar-refractivity contribution >= 4 is 17.3 Å². The smallest absolute Gasteiger partial charge is 0.340 e. The average molecular weight is 398 g/mol. The van der Waals surface area contributed by atoms with Crippen LogP contribution >= 0.6 is 0 Å². The third kappa shape index (κ3) is 3.89. The number of anilines is 2. The van der Waals surface area contributed by atoms with Crippen molar-refractivity contribution in [3.8, 4) is 11.4 Å². The maximum Gasteiger partial charge on any atom is 0.416 e. The summed E-state index contributed by atoms with van der Waals surface area (Å²) >= 11 is 0. The number of hydrogen-bond acceptors (Lipinski definition) is 5. The van der Waals surface area contributed by atoms with Gasteiger partial charge in [-0.2, -0.15) is 22.7 Å². The third-order valence-electron chi connectivity index (χ3n) is 4.31. The van der Waals surface area contributed by atoms with E-state index in [1.807, 2.05) is 19.9 Å². The van der Waals surface area contributed by atoms with Gasteiger partial charge in [0.15, 0.2) is 5.82 Å². The summed E-state index contributed by atoms with van der Waals surface area (Å²) in [4.78, 5) is 13.1. The summed E-state index contributed by atoms with van der Waals surface area (Å²) in [5, 5.41) is 7.49. The SMILES string of the molecule is CC(C)c1cc(Nc2cccc(C(F)(F)F)c2)n2nc(-c3cccnc3)nc2n1. The van der Waals surface area contributed by atoms with Crippen LogP contribution in [0.3, 0.4) is 0 Å². The fourth-order valence-electron chi connectivity index (χ4n) is 2.81. The molecule has 0 aliphatic rings. The van der Waals surface area contributed by atoms with Crippen LogP contribution in [0.25, 0.3) is 17.2 Å². The van der Waals surface area contributed by atoms with Gasteiger partial charge < -0.3 is 5.32 Å². The van der Waals surface area contributed by atoms with Crippen molar-refractivity contribution < 1.29 is 13.2 Å². The minimum Gasteiger partial charge on any atom is -0.340 e. The van der Waals surface area contributed by atoms with E-state index in [4.69, 9.17) is 0 Å². The van der Waals surface area contributed by atoms with E-state index >= 15 is 0 Å². The zero-order valence-electron chi connectivity index (χ0n) is 15.6. The third-order valence-corrected chi connectivity index (χ3v) is 4.31. The largest absolute Gasteiger partial charge is 0.416 e. The molecule has 0 unspecified atom stereocenters. The van der Waals surface area contributed by atoms with Crippen LogP contribution in [-0.4, -0.2) is 24.6 Å². The average Bonchev–Trinajstić information content (AvgIpc) is 3.13. The predicted molar refractivity (Wildman–Crippen MR) is 103 cm³/mol. The molecule has 148 valence electrons. The van der Waals surface area contributed by atoms with Gasteiger partial charge in [-0.1, -0.05) is 19.9 Å². The van der Waals surface area contributed by atoms with E-state index in [0.29, 0.717) is 28.7 Å². The number of benzene rings is 1. The lowest BCUT2D eigenvalue weighted by Gasteiger charge is -2.13. The fourth-order valence-corrected chi connectivity index (χ4v) is 2.81. The monoisotopic (exact) mass is 398 g/mol. The van der Waals surface area contributed by atoms with Gasteiger partial charge in [0, 0.05) is 29.7 Å². The van der Waals surface area contributed by atoms with Gasteiger partial charge in [0.2, 0.25) is 0 Å². The Morgan fingerprint density at radius 2 is 1.86 bits per heavy atom. The lowest BCUT2D eigenvalue weighted by Crippen LogP contribution is -2.07. The van der Waals surface area contributed by atoms with Gasteiger partial charge >= 0.3 is 6.18 Å². The molecule has 0 spiro atoms. The summed E-state index contributed by atoms with van der Waals surface area (Å²) in [6, 6.07) is 10.4. The Balaban J connectivity index is 1.81. The van der Waals surface area contributed by atoms with Crippen LogP contribution in [0, 0.1) is 0 Å². The fraction of sp³-hybridized carbons (Fsp3) is 0.200. The molecule has 3 aromatic heterocycles. The minimum atomic E-state index is -4.42. The molecule has 0 saturated heterocycles. The van der Waals surface area contributed by atoms with E-state index in [1.54, 1.807) is 30.6 Å². The first-order valence-corrected chi connectivity index (χ1v) is 8.93. The molecule has 4 rings (SSSR count). The molecule has 0 bridgehead atoms. The van der Waals surface area contributed by atoms with Crippen molar-refractivity contribution in [2.75, 3.05) is 5.32 Å². The van der Waals surface area contributed by atoms with E-state index in [1.165, 1.54) is 10.6 Å². The van der Waals surface area contributed by atoms with Crippen molar-refractivity contribution in [2.24, 2.45) is 0 Å². The second-order valence-corrected chi connectivity index (χ2v) is 6.81. The highest BCUT2D eigenvalue weighted by atomic mass is 19.4. The summed E-state index contributed by atoms with van der Waals surface area (Å²) in [6.07, 6.45) is -1.14. The molecule has 6 nitrogen and oxygen atoms in total. The molecular weight excluding hydrogens is 381 g/mol. The molecule has 0 aliphatic heterocycles. The second-order valence-electron chi connectivity index (χ2n) is 6.81. The Bertz CT molecular complexity index is 1150. The van der Waals surface area contributed by atoms with E-state index in [9.17, 15) is 13.2 Å². The summed E-state index contributed by atoms with van der Waals surface area (Å²) in [5.41, 5.74) is 1.03. The number of nitrogens with zero attached hydrogens (tertiary/aromatic N) is 5.